The SMILES string of the molecule is COC(=O)Cc1c(C)c(C(F)F)c[nH]c1=O. The first kappa shape index (κ1) is 12.4. The molecule has 0 saturated carbocycles. The molecule has 0 aliphatic heterocycles. The smallest absolute Gasteiger partial charge is 0.310 e. The molecule has 0 unspecified atom stereocenters. The van der Waals surface area contributed by atoms with E-state index in [0.717, 1.165) is 6.20 Å². The fourth-order valence-corrected chi connectivity index (χ4v) is 1.34. The molecule has 1 heterocycles. The Morgan fingerprint density at radius 3 is 2.69 bits per heavy atom. The quantitative estimate of drug-likeness (QED) is 0.798. The first-order chi connectivity index (χ1) is 7.47. The lowest BCUT2D eigenvalue weighted by Crippen LogP contribution is -2.20. The first-order valence-corrected chi connectivity index (χ1v) is 4.53. The zero-order chi connectivity index (χ0) is 12.3. The number of halogens is 2. The van der Waals surface area contributed by atoms with Crippen LogP contribution in [0, 0.1) is 6.92 Å². The van der Waals surface area contributed by atoms with Gasteiger partial charge in [-0.1, -0.05) is 0 Å². The number of aromatic amines is 1. The number of hydrogen-bond donors (Lipinski definition) is 1. The van der Waals surface area contributed by atoms with Crippen molar-refractivity contribution in [1.82, 2.24) is 4.98 Å². The Hall–Kier alpha value is -1.72. The number of carbonyl (C=O) groups is 1. The number of H-pyrrole nitrogens is 1. The maximum Gasteiger partial charge on any atom is 0.310 e. The highest BCUT2D eigenvalue weighted by atomic mass is 19.3. The van der Waals surface area contributed by atoms with Crippen molar-refractivity contribution in [1.29, 1.82) is 0 Å². The molecule has 0 saturated heterocycles. The third-order valence-corrected chi connectivity index (χ3v) is 2.30. The highest BCUT2D eigenvalue weighted by Crippen LogP contribution is 2.22. The summed E-state index contributed by atoms with van der Waals surface area (Å²) < 4.78 is 29.4. The van der Waals surface area contributed by atoms with E-state index < -0.39 is 18.0 Å². The number of carbonyl (C=O) groups excluding carboxylic acids is 1. The van der Waals surface area contributed by atoms with Crippen molar-refractivity contribution in [2.24, 2.45) is 0 Å². The predicted octanol–water partition coefficient (Wildman–Crippen LogP) is 1.34. The molecule has 1 rings (SSSR count). The number of ether oxygens (including phenoxy) is 1. The zero-order valence-corrected chi connectivity index (χ0v) is 8.84. The van der Waals surface area contributed by atoms with Crippen molar-refractivity contribution in [3.63, 3.8) is 0 Å². The summed E-state index contributed by atoms with van der Waals surface area (Å²) in [7, 11) is 1.17. The molecule has 0 spiro atoms. The van der Waals surface area contributed by atoms with Gasteiger partial charge in [-0.05, 0) is 12.5 Å². The Labute approximate surface area is 90.2 Å². The number of hydrogen-bond acceptors (Lipinski definition) is 3. The van der Waals surface area contributed by atoms with E-state index in [1.165, 1.54) is 14.0 Å². The fourth-order valence-electron chi connectivity index (χ4n) is 1.34. The van der Waals surface area contributed by atoms with Crippen LogP contribution in [0.2, 0.25) is 0 Å². The molecule has 1 aromatic rings. The molecule has 4 nitrogen and oxygen atoms in total. The highest BCUT2D eigenvalue weighted by molar-refractivity contribution is 5.72. The van der Waals surface area contributed by atoms with E-state index in [1.54, 1.807) is 0 Å². The van der Waals surface area contributed by atoms with Crippen molar-refractivity contribution < 1.29 is 18.3 Å². The third kappa shape index (κ3) is 2.44. The van der Waals surface area contributed by atoms with Crippen molar-refractivity contribution in [3.8, 4) is 0 Å². The Morgan fingerprint density at radius 2 is 2.19 bits per heavy atom. The van der Waals surface area contributed by atoms with Crippen molar-refractivity contribution in [2.45, 2.75) is 19.8 Å². The van der Waals surface area contributed by atoms with E-state index in [1.807, 2.05) is 0 Å². The van der Waals surface area contributed by atoms with Gasteiger partial charge in [0, 0.05) is 17.3 Å². The molecule has 0 atom stereocenters. The summed E-state index contributed by atoms with van der Waals surface area (Å²) in [5.41, 5.74) is -0.681. The minimum Gasteiger partial charge on any atom is -0.469 e. The van der Waals surface area contributed by atoms with Gasteiger partial charge in [0.1, 0.15) is 0 Å². The van der Waals surface area contributed by atoms with Crippen LogP contribution in [0.25, 0.3) is 0 Å². The van der Waals surface area contributed by atoms with E-state index in [4.69, 9.17) is 0 Å². The van der Waals surface area contributed by atoms with Crippen LogP contribution in [0.15, 0.2) is 11.0 Å². The number of esters is 1. The van der Waals surface area contributed by atoms with Gasteiger partial charge in [0.2, 0.25) is 0 Å². The molecule has 6 heteroatoms. The summed E-state index contributed by atoms with van der Waals surface area (Å²) in [6.45, 7) is 1.38. The topological polar surface area (TPSA) is 59.2 Å². The van der Waals surface area contributed by atoms with Crippen LogP contribution >= 0.6 is 0 Å². The van der Waals surface area contributed by atoms with Crippen LogP contribution in [-0.4, -0.2) is 18.1 Å². The second kappa shape index (κ2) is 4.87. The van der Waals surface area contributed by atoms with Gasteiger partial charge in [-0.2, -0.15) is 0 Å². The molecular formula is C10H11F2NO3. The van der Waals surface area contributed by atoms with E-state index >= 15 is 0 Å². The molecule has 0 bridgehead atoms. The van der Waals surface area contributed by atoms with Gasteiger partial charge in [0.05, 0.1) is 13.5 Å². The summed E-state index contributed by atoms with van der Waals surface area (Å²) in [5, 5.41) is 0. The number of pyridine rings is 1. The molecule has 0 aromatic carbocycles. The Bertz CT molecular complexity index is 454. The van der Waals surface area contributed by atoms with Crippen LogP contribution in [0.1, 0.15) is 23.1 Å². The van der Waals surface area contributed by atoms with Gasteiger partial charge < -0.3 is 9.72 Å². The number of methoxy groups -OCH3 is 1. The Morgan fingerprint density at radius 1 is 1.56 bits per heavy atom. The molecule has 88 valence electrons. The minimum absolute atomic E-state index is 0.0182. The lowest BCUT2D eigenvalue weighted by Gasteiger charge is -2.08. The molecule has 1 aromatic heterocycles. The van der Waals surface area contributed by atoms with Crippen LogP contribution in [0.5, 0.6) is 0 Å². The lowest BCUT2D eigenvalue weighted by molar-refractivity contribution is -0.139. The van der Waals surface area contributed by atoms with Gasteiger partial charge in [-0.3, -0.25) is 9.59 Å². The van der Waals surface area contributed by atoms with Gasteiger partial charge >= 0.3 is 5.97 Å². The summed E-state index contributed by atoms with van der Waals surface area (Å²) in [6, 6.07) is 0. The molecule has 0 fully saturated rings. The monoisotopic (exact) mass is 231 g/mol. The second-order valence-electron chi connectivity index (χ2n) is 3.23. The lowest BCUT2D eigenvalue weighted by atomic mass is 10.0. The average Bonchev–Trinajstić information content (AvgIpc) is 2.23. The maximum absolute atomic E-state index is 12.5. The molecule has 1 N–H and O–H groups in total. The van der Waals surface area contributed by atoms with Crippen molar-refractivity contribution in [2.75, 3.05) is 7.11 Å². The predicted molar refractivity (Wildman–Crippen MR) is 52.5 cm³/mol. The molecular weight excluding hydrogens is 220 g/mol. The summed E-state index contributed by atoms with van der Waals surface area (Å²) >= 11 is 0. The minimum atomic E-state index is -2.69. The zero-order valence-electron chi connectivity index (χ0n) is 8.84. The third-order valence-electron chi connectivity index (χ3n) is 2.30. The first-order valence-electron chi connectivity index (χ1n) is 4.53. The fraction of sp³-hybridized carbons (Fsp3) is 0.400. The van der Waals surface area contributed by atoms with Crippen molar-refractivity contribution >= 4 is 5.97 Å². The van der Waals surface area contributed by atoms with E-state index in [9.17, 15) is 18.4 Å². The van der Waals surface area contributed by atoms with Crippen LogP contribution in [0.3, 0.4) is 0 Å². The number of aromatic nitrogens is 1. The summed E-state index contributed by atoms with van der Waals surface area (Å²) in [6.07, 6.45) is -2.03. The van der Waals surface area contributed by atoms with Crippen LogP contribution in [0.4, 0.5) is 8.78 Å². The number of nitrogens with one attached hydrogen (secondary N) is 1. The molecule has 0 aliphatic carbocycles. The number of rotatable bonds is 3. The average molecular weight is 231 g/mol. The van der Waals surface area contributed by atoms with Gasteiger partial charge in [-0.15, -0.1) is 0 Å². The van der Waals surface area contributed by atoms with Gasteiger partial charge in [0.15, 0.2) is 0 Å². The summed E-state index contributed by atoms with van der Waals surface area (Å²) in [4.78, 5) is 24.5. The number of alkyl halides is 2. The molecule has 0 amide bonds. The van der Waals surface area contributed by atoms with E-state index in [-0.39, 0.29) is 23.1 Å². The normalized spacial score (nSPS) is 10.6. The maximum atomic E-state index is 12.5. The molecule has 16 heavy (non-hydrogen) atoms. The van der Waals surface area contributed by atoms with E-state index in [2.05, 4.69) is 9.72 Å². The van der Waals surface area contributed by atoms with Crippen LogP contribution in [-0.2, 0) is 16.0 Å². The Balaban J connectivity index is 3.21. The molecule has 0 aliphatic rings. The second-order valence-corrected chi connectivity index (χ2v) is 3.23. The Kier molecular flexibility index (Phi) is 3.76. The summed E-state index contributed by atoms with van der Waals surface area (Å²) in [5.74, 6) is -0.639. The van der Waals surface area contributed by atoms with E-state index in [0.29, 0.717) is 0 Å². The highest BCUT2D eigenvalue weighted by Gasteiger charge is 2.17. The largest absolute Gasteiger partial charge is 0.469 e. The van der Waals surface area contributed by atoms with Crippen LogP contribution < -0.4 is 5.56 Å². The van der Waals surface area contributed by atoms with Crippen molar-refractivity contribution in [3.05, 3.63) is 33.2 Å². The molecule has 0 radical (unpaired) electrons. The standard InChI is InChI=1S/C10H11F2NO3/c1-5-6(3-8(14)16-2)10(15)13-4-7(5)9(11)12/h4,9H,3H2,1-2H3,(H,13,15). The van der Waals surface area contributed by atoms with Gasteiger partial charge in [0.25, 0.3) is 12.0 Å². The van der Waals surface area contributed by atoms with Gasteiger partial charge in [-0.25, -0.2) is 8.78 Å².